The van der Waals surface area contributed by atoms with Crippen LogP contribution in [0.15, 0.2) is 43.7 Å². The third kappa shape index (κ3) is 6.16. The molecule has 11 heteroatoms. The van der Waals surface area contributed by atoms with E-state index in [1.807, 2.05) is 6.92 Å². The second-order valence-electron chi connectivity index (χ2n) is 5.87. The van der Waals surface area contributed by atoms with Gasteiger partial charge in [-0.3, -0.25) is 4.31 Å². The van der Waals surface area contributed by atoms with Gasteiger partial charge in [0, 0.05) is 144 Å². The molecule has 0 unspecified atom stereocenters. The minimum absolute atomic E-state index is 0. The summed E-state index contributed by atoms with van der Waals surface area (Å²) < 4.78 is 26.3. The Hall–Kier alpha value is 2.27. The normalized spacial score (nSPS) is 21.4. The molecule has 0 spiro atoms. The Labute approximate surface area is 261 Å². The van der Waals surface area contributed by atoms with Crippen molar-refractivity contribution in [3.05, 3.63) is 44.8 Å². The molecule has 2 aliphatic heterocycles. The molecule has 0 atom stereocenters. The van der Waals surface area contributed by atoms with Gasteiger partial charge in [0.25, 0.3) is 0 Å². The van der Waals surface area contributed by atoms with Crippen LogP contribution < -0.4 is 5.32 Å². The maximum Gasteiger partial charge on any atom is 0.230 e. The molecule has 2 heterocycles. The van der Waals surface area contributed by atoms with Crippen LogP contribution in [-0.4, -0.2) is 38.3 Å². The van der Waals surface area contributed by atoms with Crippen molar-refractivity contribution in [1.82, 2.24) is 9.62 Å². The summed E-state index contributed by atoms with van der Waals surface area (Å²) in [5.74, 6) is -0.278. The van der Waals surface area contributed by atoms with Crippen molar-refractivity contribution in [2.24, 2.45) is 4.99 Å². The first-order chi connectivity index (χ1) is 10.7. The third-order valence-corrected chi connectivity index (χ3v) is 5.84. The van der Waals surface area contributed by atoms with Crippen molar-refractivity contribution < 1.29 is 144 Å². The van der Waals surface area contributed by atoms with E-state index in [-0.39, 0.29) is 147 Å². The van der Waals surface area contributed by atoms with Gasteiger partial charge < -0.3 is 15.1 Å². The Morgan fingerprint density at radius 1 is 1.19 bits per heavy atom. The van der Waals surface area contributed by atoms with Gasteiger partial charge in [-0.15, -0.1) is 24.4 Å². The van der Waals surface area contributed by atoms with Gasteiger partial charge in [-0.25, -0.2) is 14.5 Å². The largest absolute Gasteiger partial charge is 0.407 e. The molecule has 1 N–H and O–H groups in total. The number of hydrogen-bond donors (Lipinski definition) is 1. The molecule has 0 aromatic heterocycles. The molecule has 0 aromatic rings. The molecule has 6 nitrogen and oxygen atoms in total. The van der Waals surface area contributed by atoms with Crippen LogP contribution in [0.3, 0.4) is 0 Å². The number of carbonyl (C=O) groups excluding carboxylic acids is 1. The molecule has 0 amide bonds. The Kier molecular flexibility index (Phi) is 14.4. The molecule has 0 saturated heterocycles. The fourth-order valence-corrected chi connectivity index (χ4v) is 4.32. The zero-order chi connectivity index (χ0) is 16.9. The first-order valence-electron chi connectivity index (χ1n) is 7.20. The third-order valence-electron chi connectivity index (χ3n) is 4.07. The van der Waals surface area contributed by atoms with Gasteiger partial charge in [-0.05, 0) is 13.5 Å². The number of rotatable bonds is 2. The van der Waals surface area contributed by atoms with Crippen LogP contribution in [0.25, 0.3) is 0 Å². The summed E-state index contributed by atoms with van der Waals surface area (Å²) in [7, 11) is -2.35. The summed E-state index contributed by atoms with van der Waals surface area (Å²) in [6, 6.07) is 0. The molecule has 0 saturated carbocycles. The molecule has 1 aliphatic carbocycles. The quantitative estimate of drug-likeness (QED) is 0.351. The fraction of sp³-hybridized carbons (Fsp3) is 0.375. The minimum atomic E-state index is -3.74. The van der Waals surface area contributed by atoms with Crippen LogP contribution >= 0.6 is 0 Å². The number of allylic oxidation sites excluding steroid dienone is 5. The van der Waals surface area contributed by atoms with Gasteiger partial charge in [0.05, 0.1) is 5.70 Å². The summed E-state index contributed by atoms with van der Waals surface area (Å²) in [5.41, 5.74) is 3.32. The van der Waals surface area contributed by atoms with Crippen LogP contribution in [0, 0.1) is 6.08 Å². The van der Waals surface area contributed by atoms with Gasteiger partial charge in [-0.2, -0.15) is 11.1 Å². The van der Waals surface area contributed by atoms with Crippen LogP contribution in [0.5, 0.6) is 0 Å². The van der Waals surface area contributed by atoms with Crippen molar-refractivity contribution in [2.75, 3.05) is 13.6 Å². The molecule has 0 aromatic carbocycles. The van der Waals surface area contributed by atoms with E-state index in [2.05, 4.69) is 22.6 Å². The maximum atomic E-state index is 12.8. The van der Waals surface area contributed by atoms with E-state index in [1.54, 1.807) is 13.8 Å². The smallest absolute Gasteiger partial charge is 0.230 e. The fourth-order valence-electron chi connectivity index (χ4n) is 2.80. The summed E-state index contributed by atoms with van der Waals surface area (Å²) in [6.45, 7) is 5.92. The number of nitrogens with zero attached hydrogens (tertiary/aromatic N) is 2. The van der Waals surface area contributed by atoms with Crippen molar-refractivity contribution >= 4 is 22.0 Å². The van der Waals surface area contributed by atoms with E-state index in [9.17, 15) is 13.2 Å². The average Bonchev–Trinajstić information content (AvgIpc) is 3.05. The number of carbonyl (C=O) groups is 1. The first kappa shape index (κ1) is 31.5. The average molecular weight is 687 g/mol. The summed E-state index contributed by atoms with van der Waals surface area (Å²) >= 11 is 0. The van der Waals surface area contributed by atoms with Gasteiger partial charge >= 0.3 is 0 Å². The zero-order valence-electron chi connectivity index (χ0n) is 15.8. The molecular weight excluding hydrogens is 670 g/mol. The van der Waals surface area contributed by atoms with E-state index in [1.165, 1.54) is 7.05 Å². The number of hydrogen-bond acceptors (Lipinski definition) is 5. The molecule has 27 heavy (non-hydrogen) atoms. The monoisotopic (exact) mass is 687 g/mol. The predicted molar refractivity (Wildman–Crippen MR) is 86.6 cm³/mol. The van der Waals surface area contributed by atoms with E-state index >= 15 is 0 Å². The van der Waals surface area contributed by atoms with Gasteiger partial charge in [-0.1, -0.05) is 18.2 Å². The summed E-state index contributed by atoms with van der Waals surface area (Å²) in [6.07, 6.45) is 5.97. The molecule has 0 bridgehead atoms. The Bertz CT molecular complexity index is 887. The molecule has 4 radical (unpaired) electrons. The predicted octanol–water partition coefficient (Wildman–Crippen LogP) is 1.28. The van der Waals surface area contributed by atoms with Crippen LogP contribution in [-0.2, 0) is 146 Å². The van der Waals surface area contributed by atoms with Crippen LogP contribution in [0.1, 0.15) is 27.2 Å². The molecule has 134 valence electrons. The van der Waals surface area contributed by atoms with E-state index < -0.39 is 10.0 Å². The van der Waals surface area contributed by atoms with Crippen LogP contribution in [0.4, 0.5) is 0 Å². The van der Waals surface area contributed by atoms with E-state index in [4.69, 9.17) is 0 Å². The van der Waals surface area contributed by atoms with Gasteiger partial charge in [0.2, 0.25) is 10.0 Å². The number of ketones is 1. The van der Waals surface area contributed by atoms with Crippen molar-refractivity contribution in [3.63, 3.8) is 0 Å². The number of likely N-dealkylation sites (N-methyl/N-ethyl adjacent to an activating group) is 1. The van der Waals surface area contributed by atoms with Crippen molar-refractivity contribution in [3.8, 4) is 0 Å². The van der Waals surface area contributed by atoms with Gasteiger partial charge in [0.1, 0.15) is 5.78 Å². The van der Waals surface area contributed by atoms with E-state index in [0.717, 1.165) is 15.5 Å². The van der Waals surface area contributed by atoms with Crippen LogP contribution in [0.2, 0.25) is 0 Å². The Morgan fingerprint density at radius 2 is 1.78 bits per heavy atom. The maximum absolute atomic E-state index is 12.8. The summed E-state index contributed by atoms with van der Waals surface area (Å²) in [5, 5.41) is 3.07. The van der Waals surface area contributed by atoms with E-state index in [0.29, 0.717) is 29.9 Å². The standard InChI is InChI=1S/C16H17N3O3S.4Y/c1-9-5-12-14(6-9)23(21,22)19(4)15(16(12)20)11(3)18-13-8-17-7-10(13)2;;;;/h18H,5,7H2,1-4H3;;;;/q-2;;;;/b15-11-;;;;. The van der Waals surface area contributed by atoms with Gasteiger partial charge in [0.15, 0.2) is 0 Å². The molecule has 3 rings (SSSR count). The Balaban J connectivity index is 0. The van der Waals surface area contributed by atoms with Crippen molar-refractivity contribution in [1.29, 1.82) is 0 Å². The number of nitrogens with one attached hydrogen (secondary N) is 1. The van der Waals surface area contributed by atoms with Crippen molar-refractivity contribution in [2.45, 2.75) is 27.2 Å². The second kappa shape index (κ2) is 12.3. The SMILES string of the molecule is CC1=[C-]C2=C(C1)C(=O)/C(=C(\C)NC1=C(C)CN=[C-]1)N(C)S2(=O)=O.[Y].[Y].[Y].[Y]. The zero-order valence-corrected chi connectivity index (χ0v) is 27.9. The number of sulfonamides is 1. The topological polar surface area (TPSA) is 78.8 Å². The first-order valence-corrected chi connectivity index (χ1v) is 8.64. The Morgan fingerprint density at radius 3 is 2.30 bits per heavy atom. The number of Topliss-reactive ketones (excluding diaryl/α,β-unsaturated/α-hetero) is 1. The number of aliphatic imine (C=N–C) groups is 1. The molecule has 0 fully saturated rings. The molecule has 3 aliphatic rings. The minimum Gasteiger partial charge on any atom is -0.407 e. The second-order valence-corrected chi connectivity index (χ2v) is 7.78. The summed E-state index contributed by atoms with van der Waals surface area (Å²) in [4.78, 5) is 16.8. The molecular formula is C16H17N3O3SY4-2.